The molecular formula is C11H21Cl. The van der Waals surface area contributed by atoms with Crippen LogP contribution in [0.25, 0.3) is 0 Å². The van der Waals surface area contributed by atoms with E-state index in [0.717, 1.165) is 5.88 Å². The van der Waals surface area contributed by atoms with Crippen LogP contribution in [-0.2, 0) is 0 Å². The number of allylic oxidation sites excluding steroid dienone is 2. The van der Waals surface area contributed by atoms with E-state index in [0.29, 0.717) is 0 Å². The lowest BCUT2D eigenvalue weighted by atomic mass is 10.1. The van der Waals surface area contributed by atoms with Gasteiger partial charge in [0.2, 0.25) is 0 Å². The summed E-state index contributed by atoms with van der Waals surface area (Å²) in [7, 11) is 0. The molecule has 0 amide bonds. The fraction of sp³-hybridized carbons (Fsp3) is 0.818. The molecule has 0 aromatic carbocycles. The van der Waals surface area contributed by atoms with Crippen molar-refractivity contribution in [1.29, 1.82) is 0 Å². The van der Waals surface area contributed by atoms with Gasteiger partial charge >= 0.3 is 0 Å². The summed E-state index contributed by atoms with van der Waals surface area (Å²) in [6.45, 7) is 2.18. The third kappa shape index (κ3) is 10.0. The molecule has 72 valence electrons. The minimum absolute atomic E-state index is 0.829. The van der Waals surface area contributed by atoms with Gasteiger partial charge in [-0.15, -0.1) is 11.6 Å². The fourth-order valence-corrected chi connectivity index (χ4v) is 1.36. The lowest BCUT2D eigenvalue weighted by Crippen LogP contribution is -1.79. The Bertz CT molecular complexity index is 97.2. The van der Waals surface area contributed by atoms with Crippen molar-refractivity contribution in [1.82, 2.24) is 0 Å². The van der Waals surface area contributed by atoms with E-state index in [-0.39, 0.29) is 0 Å². The summed E-state index contributed by atoms with van der Waals surface area (Å²) in [4.78, 5) is 0. The third-order valence-electron chi connectivity index (χ3n) is 1.91. The number of halogens is 1. The summed E-state index contributed by atoms with van der Waals surface area (Å²) < 4.78 is 0. The van der Waals surface area contributed by atoms with Crippen molar-refractivity contribution in [2.24, 2.45) is 0 Å². The summed E-state index contributed by atoms with van der Waals surface area (Å²) in [5.74, 6) is 0.829. The maximum Gasteiger partial charge on any atom is 0.0223 e. The molecular weight excluding hydrogens is 168 g/mol. The average Bonchev–Trinajstić information content (AvgIpc) is 2.10. The largest absolute Gasteiger partial charge is 0.127 e. The van der Waals surface area contributed by atoms with Gasteiger partial charge < -0.3 is 0 Å². The molecule has 0 nitrogen and oxygen atoms in total. The summed E-state index contributed by atoms with van der Waals surface area (Å²) in [5.41, 5.74) is 0. The molecule has 0 aromatic heterocycles. The van der Waals surface area contributed by atoms with Crippen LogP contribution in [0.15, 0.2) is 12.2 Å². The predicted octanol–water partition coefficient (Wildman–Crippen LogP) is 4.53. The zero-order chi connectivity index (χ0) is 9.07. The first-order valence-corrected chi connectivity index (χ1v) is 5.66. The van der Waals surface area contributed by atoms with Crippen LogP contribution in [0.1, 0.15) is 51.9 Å². The van der Waals surface area contributed by atoms with Crippen LogP contribution in [0, 0.1) is 0 Å². The highest BCUT2D eigenvalue weighted by Crippen LogP contribution is 2.06. The SMILES string of the molecule is CC/C=C\CCCCCCCCl. The highest BCUT2D eigenvalue weighted by Gasteiger charge is 1.87. The van der Waals surface area contributed by atoms with Gasteiger partial charge in [-0.2, -0.15) is 0 Å². The molecule has 0 saturated heterocycles. The topological polar surface area (TPSA) is 0 Å². The maximum atomic E-state index is 5.57. The van der Waals surface area contributed by atoms with Crippen LogP contribution < -0.4 is 0 Å². The molecule has 12 heavy (non-hydrogen) atoms. The Morgan fingerprint density at radius 2 is 1.58 bits per heavy atom. The molecule has 0 aliphatic heterocycles. The van der Waals surface area contributed by atoms with Crippen molar-refractivity contribution in [3.8, 4) is 0 Å². The summed E-state index contributed by atoms with van der Waals surface area (Å²) in [6, 6.07) is 0. The van der Waals surface area contributed by atoms with E-state index in [1.165, 1.54) is 44.9 Å². The Labute approximate surface area is 82.0 Å². The zero-order valence-corrected chi connectivity index (χ0v) is 8.95. The van der Waals surface area contributed by atoms with Crippen molar-refractivity contribution in [2.75, 3.05) is 5.88 Å². The van der Waals surface area contributed by atoms with Crippen LogP contribution in [0.4, 0.5) is 0 Å². The van der Waals surface area contributed by atoms with Gasteiger partial charge in [-0.25, -0.2) is 0 Å². The molecule has 0 spiro atoms. The molecule has 0 aliphatic carbocycles. The summed E-state index contributed by atoms with van der Waals surface area (Å²) in [5, 5.41) is 0. The van der Waals surface area contributed by atoms with Crippen LogP contribution in [-0.4, -0.2) is 5.88 Å². The van der Waals surface area contributed by atoms with Gasteiger partial charge in [-0.3, -0.25) is 0 Å². The van der Waals surface area contributed by atoms with E-state index in [1.807, 2.05) is 0 Å². The monoisotopic (exact) mass is 188 g/mol. The normalized spacial score (nSPS) is 11.2. The molecule has 1 heteroatoms. The van der Waals surface area contributed by atoms with Crippen molar-refractivity contribution in [3.05, 3.63) is 12.2 Å². The van der Waals surface area contributed by atoms with E-state index < -0.39 is 0 Å². The van der Waals surface area contributed by atoms with Gasteiger partial charge in [0, 0.05) is 5.88 Å². The van der Waals surface area contributed by atoms with E-state index >= 15 is 0 Å². The van der Waals surface area contributed by atoms with Crippen molar-refractivity contribution in [2.45, 2.75) is 51.9 Å². The standard InChI is InChI=1S/C11H21Cl/c1-2-3-4-5-6-7-8-9-10-11-12/h3-4H,2,5-11H2,1H3/b4-3-. The number of alkyl halides is 1. The molecule has 0 N–H and O–H groups in total. The predicted molar refractivity (Wildman–Crippen MR) is 57.9 cm³/mol. The molecule has 0 heterocycles. The first-order valence-electron chi connectivity index (χ1n) is 5.12. The highest BCUT2D eigenvalue weighted by atomic mass is 35.5. The second-order valence-electron chi connectivity index (χ2n) is 3.13. The summed E-state index contributed by atoms with van der Waals surface area (Å²) in [6.07, 6.45) is 13.5. The molecule has 0 fully saturated rings. The molecule has 0 aliphatic rings. The first-order chi connectivity index (χ1) is 5.91. The van der Waals surface area contributed by atoms with Gasteiger partial charge in [0.15, 0.2) is 0 Å². The van der Waals surface area contributed by atoms with Gasteiger partial charge in [0.1, 0.15) is 0 Å². The van der Waals surface area contributed by atoms with Gasteiger partial charge in [0.05, 0.1) is 0 Å². The zero-order valence-electron chi connectivity index (χ0n) is 8.19. The maximum absolute atomic E-state index is 5.57. The van der Waals surface area contributed by atoms with E-state index in [2.05, 4.69) is 19.1 Å². The number of hydrogen-bond donors (Lipinski definition) is 0. The Morgan fingerprint density at radius 1 is 0.917 bits per heavy atom. The Balaban J connectivity index is 2.86. The molecule has 0 saturated carbocycles. The van der Waals surface area contributed by atoms with E-state index in [1.54, 1.807) is 0 Å². The number of rotatable bonds is 8. The van der Waals surface area contributed by atoms with Crippen molar-refractivity contribution in [3.63, 3.8) is 0 Å². The summed E-state index contributed by atoms with van der Waals surface area (Å²) >= 11 is 5.57. The van der Waals surface area contributed by atoms with Crippen LogP contribution in [0.5, 0.6) is 0 Å². The van der Waals surface area contributed by atoms with Crippen molar-refractivity contribution < 1.29 is 0 Å². The van der Waals surface area contributed by atoms with Crippen molar-refractivity contribution >= 4 is 11.6 Å². The van der Waals surface area contributed by atoms with Gasteiger partial charge in [0.25, 0.3) is 0 Å². The first kappa shape index (κ1) is 12.0. The third-order valence-corrected chi connectivity index (χ3v) is 2.17. The molecule has 0 aromatic rings. The highest BCUT2D eigenvalue weighted by molar-refractivity contribution is 6.17. The minimum atomic E-state index is 0.829. The van der Waals surface area contributed by atoms with Crippen LogP contribution in [0.3, 0.4) is 0 Å². The van der Waals surface area contributed by atoms with E-state index in [9.17, 15) is 0 Å². The Kier molecular flexibility index (Phi) is 11.1. The average molecular weight is 189 g/mol. The van der Waals surface area contributed by atoms with Crippen LogP contribution in [0.2, 0.25) is 0 Å². The molecule has 0 radical (unpaired) electrons. The molecule has 0 bridgehead atoms. The lowest BCUT2D eigenvalue weighted by molar-refractivity contribution is 0.639. The number of unbranched alkanes of at least 4 members (excludes halogenated alkanes) is 5. The van der Waals surface area contributed by atoms with Gasteiger partial charge in [-0.1, -0.05) is 38.3 Å². The second kappa shape index (κ2) is 11.0. The molecule has 0 atom stereocenters. The quantitative estimate of drug-likeness (QED) is 0.298. The molecule has 0 unspecified atom stereocenters. The Morgan fingerprint density at radius 3 is 2.25 bits per heavy atom. The minimum Gasteiger partial charge on any atom is -0.127 e. The smallest absolute Gasteiger partial charge is 0.0223 e. The Hall–Kier alpha value is 0.0300. The van der Waals surface area contributed by atoms with Gasteiger partial charge in [-0.05, 0) is 25.7 Å². The fourth-order valence-electron chi connectivity index (χ4n) is 1.17. The molecule has 0 rings (SSSR count). The van der Waals surface area contributed by atoms with Crippen LogP contribution >= 0.6 is 11.6 Å². The lowest BCUT2D eigenvalue weighted by Gasteiger charge is -1.96. The van der Waals surface area contributed by atoms with E-state index in [4.69, 9.17) is 11.6 Å². The number of hydrogen-bond acceptors (Lipinski definition) is 0. The second-order valence-corrected chi connectivity index (χ2v) is 3.50.